The van der Waals surface area contributed by atoms with E-state index in [4.69, 9.17) is 5.73 Å². The summed E-state index contributed by atoms with van der Waals surface area (Å²) in [5, 5.41) is 0. The van der Waals surface area contributed by atoms with E-state index in [1.807, 2.05) is 24.3 Å². The van der Waals surface area contributed by atoms with E-state index >= 15 is 0 Å². The minimum atomic E-state index is 0.819. The summed E-state index contributed by atoms with van der Waals surface area (Å²) >= 11 is 0. The first kappa shape index (κ1) is 9.74. The molecule has 0 fully saturated rings. The molecule has 70 valence electrons. The number of H-pyrrole nitrogens is 1. The molecule has 0 radical (unpaired) electrons. The summed E-state index contributed by atoms with van der Waals surface area (Å²) in [5.74, 6) is 0. The van der Waals surface area contributed by atoms with Crippen LogP contribution in [0.5, 0.6) is 0 Å². The largest absolute Gasteiger partial charge is 0.345 e. The molecule has 1 aromatic carbocycles. The van der Waals surface area contributed by atoms with Crippen molar-refractivity contribution in [2.75, 3.05) is 6.54 Å². The summed E-state index contributed by atoms with van der Waals surface area (Å²) in [6.07, 6.45) is 2.80. The van der Waals surface area contributed by atoms with Gasteiger partial charge in [-0.05, 0) is 25.1 Å². The van der Waals surface area contributed by atoms with E-state index in [1.54, 1.807) is 6.33 Å². The van der Waals surface area contributed by atoms with Gasteiger partial charge in [0.25, 0.3) is 0 Å². The van der Waals surface area contributed by atoms with Crippen LogP contribution >= 0.6 is 0 Å². The monoisotopic (exact) mass is 177 g/mol. The van der Waals surface area contributed by atoms with Crippen LogP contribution < -0.4 is 5.73 Å². The van der Waals surface area contributed by atoms with Crippen molar-refractivity contribution in [1.29, 1.82) is 0 Å². The first-order chi connectivity index (χ1) is 6.38. The normalized spacial score (nSPS) is 9.38. The predicted octanol–water partition coefficient (Wildman–Crippen LogP) is 1.92. The lowest BCUT2D eigenvalue weighted by molar-refractivity contribution is 0.932. The smallest absolute Gasteiger partial charge is 0.0931 e. The Bertz CT molecular complexity index is 308. The summed E-state index contributed by atoms with van der Waals surface area (Å²) in [7, 11) is 0. The highest BCUT2D eigenvalue weighted by atomic mass is 14.9. The van der Waals surface area contributed by atoms with Crippen molar-refractivity contribution < 1.29 is 0 Å². The fraction of sp³-hybridized carbons (Fsp3) is 0.300. The molecule has 3 N–H and O–H groups in total. The zero-order chi connectivity index (χ0) is 9.52. The maximum atomic E-state index is 5.03. The molecule has 2 rings (SSSR count). The molecule has 0 aliphatic carbocycles. The number of hydrogen-bond acceptors (Lipinski definition) is 2. The molecule has 0 atom stereocenters. The lowest BCUT2D eigenvalue weighted by Gasteiger charge is -1.81. The lowest BCUT2D eigenvalue weighted by atomic mass is 10.3. The summed E-state index contributed by atoms with van der Waals surface area (Å²) < 4.78 is 0. The number of aromatic nitrogens is 2. The Morgan fingerprint density at radius 2 is 2.08 bits per heavy atom. The SMILES string of the molecule is CCCN.c1ccc2[nH]cnc2c1. The third-order valence-electron chi connectivity index (χ3n) is 1.62. The van der Waals surface area contributed by atoms with Crippen LogP contribution in [-0.4, -0.2) is 16.5 Å². The lowest BCUT2D eigenvalue weighted by Crippen LogP contribution is -1.93. The highest BCUT2D eigenvalue weighted by Crippen LogP contribution is 2.05. The molecule has 0 saturated carbocycles. The molecule has 0 aliphatic rings. The van der Waals surface area contributed by atoms with Gasteiger partial charge < -0.3 is 10.7 Å². The van der Waals surface area contributed by atoms with Gasteiger partial charge in [0.05, 0.1) is 17.4 Å². The number of para-hydroxylation sites is 2. The topological polar surface area (TPSA) is 54.7 Å². The van der Waals surface area contributed by atoms with Gasteiger partial charge in [0.1, 0.15) is 0 Å². The van der Waals surface area contributed by atoms with Gasteiger partial charge in [-0.3, -0.25) is 0 Å². The number of nitrogens with zero attached hydrogens (tertiary/aromatic N) is 1. The van der Waals surface area contributed by atoms with Gasteiger partial charge in [0, 0.05) is 0 Å². The summed E-state index contributed by atoms with van der Waals surface area (Å²) in [4.78, 5) is 7.07. The molecule has 0 amide bonds. The Labute approximate surface area is 78.0 Å². The second-order valence-electron chi connectivity index (χ2n) is 2.71. The first-order valence-corrected chi connectivity index (χ1v) is 4.46. The van der Waals surface area contributed by atoms with Gasteiger partial charge in [-0.15, -0.1) is 0 Å². The minimum absolute atomic E-state index is 0.819. The molecule has 1 aromatic heterocycles. The van der Waals surface area contributed by atoms with E-state index < -0.39 is 0 Å². The summed E-state index contributed by atoms with van der Waals surface area (Å²) in [5.41, 5.74) is 7.15. The number of fused-ring (bicyclic) bond motifs is 1. The maximum absolute atomic E-state index is 5.03. The highest BCUT2D eigenvalue weighted by Gasteiger charge is 1.88. The second-order valence-corrected chi connectivity index (χ2v) is 2.71. The Morgan fingerprint density at radius 3 is 2.69 bits per heavy atom. The minimum Gasteiger partial charge on any atom is -0.345 e. The molecule has 0 bridgehead atoms. The van der Waals surface area contributed by atoms with Gasteiger partial charge in [0.15, 0.2) is 0 Å². The number of hydrogen-bond donors (Lipinski definition) is 2. The number of nitrogens with two attached hydrogens (primary N) is 1. The molecule has 0 saturated heterocycles. The van der Waals surface area contributed by atoms with Crippen LogP contribution in [0.4, 0.5) is 0 Å². The molecular formula is C10H15N3. The third-order valence-corrected chi connectivity index (χ3v) is 1.62. The molecule has 1 heterocycles. The van der Waals surface area contributed by atoms with Crippen LogP contribution in [0.25, 0.3) is 11.0 Å². The maximum Gasteiger partial charge on any atom is 0.0931 e. The number of aromatic amines is 1. The molecule has 3 heteroatoms. The highest BCUT2D eigenvalue weighted by molar-refractivity contribution is 5.73. The second kappa shape index (κ2) is 5.32. The fourth-order valence-electron chi connectivity index (χ4n) is 0.880. The van der Waals surface area contributed by atoms with E-state index in [9.17, 15) is 0 Å². The van der Waals surface area contributed by atoms with Crippen molar-refractivity contribution in [3.05, 3.63) is 30.6 Å². The van der Waals surface area contributed by atoms with Gasteiger partial charge in [-0.2, -0.15) is 0 Å². The molecule has 13 heavy (non-hydrogen) atoms. The molecule has 0 spiro atoms. The van der Waals surface area contributed by atoms with Gasteiger partial charge in [0.2, 0.25) is 0 Å². The van der Waals surface area contributed by atoms with E-state index in [2.05, 4.69) is 16.9 Å². The zero-order valence-corrected chi connectivity index (χ0v) is 7.83. The van der Waals surface area contributed by atoms with Crippen LogP contribution in [0.3, 0.4) is 0 Å². The molecular weight excluding hydrogens is 162 g/mol. The number of rotatable bonds is 1. The zero-order valence-electron chi connectivity index (χ0n) is 7.83. The van der Waals surface area contributed by atoms with E-state index in [0.29, 0.717) is 0 Å². The van der Waals surface area contributed by atoms with Gasteiger partial charge in [-0.1, -0.05) is 19.1 Å². The molecule has 0 unspecified atom stereocenters. The standard InChI is InChI=1S/C7H6N2.C3H9N/c1-2-4-7-6(3-1)8-5-9-7;1-2-3-4/h1-5H,(H,8,9);2-4H2,1H3. The van der Waals surface area contributed by atoms with Crippen molar-refractivity contribution in [1.82, 2.24) is 9.97 Å². The molecule has 2 aromatic rings. The molecule has 0 aliphatic heterocycles. The quantitative estimate of drug-likeness (QED) is 0.699. The Hall–Kier alpha value is -1.35. The Balaban J connectivity index is 0.000000184. The van der Waals surface area contributed by atoms with Crippen molar-refractivity contribution in [3.63, 3.8) is 0 Å². The Morgan fingerprint density at radius 1 is 1.38 bits per heavy atom. The van der Waals surface area contributed by atoms with E-state index in [1.165, 1.54) is 0 Å². The van der Waals surface area contributed by atoms with Gasteiger partial charge in [-0.25, -0.2) is 4.98 Å². The van der Waals surface area contributed by atoms with Crippen LogP contribution in [0.15, 0.2) is 30.6 Å². The first-order valence-electron chi connectivity index (χ1n) is 4.46. The summed E-state index contributed by atoms with van der Waals surface area (Å²) in [6, 6.07) is 7.94. The van der Waals surface area contributed by atoms with Gasteiger partial charge >= 0.3 is 0 Å². The van der Waals surface area contributed by atoms with Crippen molar-refractivity contribution in [2.24, 2.45) is 5.73 Å². The number of nitrogens with one attached hydrogen (secondary N) is 1. The van der Waals surface area contributed by atoms with E-state index in [0.717, 1.165) is 24.0 Å². The predicted molar refractivity (Wildman–Crippen MR) is 55.4 cm³/mol. The van der Waals surface area contributed by atoms with Crippen molar-refractivity contribution in [2.45, 2.75) is 13.3 Å². The summed E-state index contributed by atoms with van der Waals surface area (Å²) in [6.45, 7) is 2.88. The van der Waals surface area contributed by atoms with Crippen LogP contribution in [0, 0.1) is 0 Å². The van der Waals surface area contributed by atoms with E-state index in [-0.39, 0.29) is 0 Å². The van der Waals surface area contributed by atoms with Crippen LogP contribution in [0.2, 0.25) is 0 Å². The number of imidazole rings is 1. The van der Waals surface area contributed by atoms with Crippen LogP contribution in [-0.2, 0) is 0 Å². The van der Waals surface area contributed by atoms with Crippen molar-refractivity contribution >= 4 is 11.0 Å². The van der Waals surface area contributed by atoms with Crippen LogP contribution in [0.1, 0.15) is 13.3 Å². The fourth-order valence-corrected chi connectivity index (χ4v) is 0.880. The Kier molecular flexibility index (Phi) is 3.99. The number of benzene rings is 1. The molecule has 3 nitrogen and oxygen atoms in total. The average Bonchev–Trinajstić information content (AvgIpc) is 2.66. The van der Waals surface area contributed by atoms with Crippen molar-refractivity contribution in [3.8, 4) is 0 Å². The average molecular weight is 177 g/mol. The third kappa shape index (κ3) is 2.87.